The van der Waals surface area contributed by atoms with E-state index in [0.29, 0.717) is 81.6 Å². The molecular formula is C95H160N12O33S3. The van der Waals surface area contributed by atoms with Gasteiger partial charge >= 0.3 is 42.3 Å². The number of esters is 1. The summed E-state index contributed by atoms with van der Waals surface area (Å²) >= 11 is 1.17. The lowest BCUT2D eigenvalue weighted by Gasteiger charge is -2.39. The van der Waals surface area contributed by atoms with Crippen molar-refractivity contribution in [3.63, 3.8) is 0 Å². The van der Waals surface area contributed by atoms with Crippen molar-refractivity contribution in [1.29, 1.82) is 0 Å². The number of likely N-dealkylation sites (N-methyl/N-ethyl adjacent to an activating group) is 1. The predicted octanol–water partition coefficient (Wildman–Crippen LogP) is 8.11. The van der Waals surface area contributed by atoms with Crippen LogP contribution in [0.4, 0.5) is 19.2 Å². The number of nitrogens with zero attached hydrogens (tertiary/aromatic N) is 4. The molecule has 1 fully saturated rings. The first-order chi connectivity index (χ1) is 68.4. The second-order valence-electron chi connectivity index (χ2n) is 33.2. The normalized spacial score (nSPS) is 15.2. The number of hydrogen-bond donors (Lipinski definition) is 15. The zero-order chi connectivity index (χ0) is 107. The van der Waals surface area contributed by atoms with E-state index in [2.05, 4.69) is 54.1 Å². The quantitative estimate of drug-likeness (QED) is 0.00633. The number of aliphatic hydroxyl groups excluding tert-OH is 5. The number of allylic oxidation sites excluding steroid dienone is 1. The van der Waals surface area contributed by atoms with Crippen LogP contribution in [0.3, 0.4) is 0 Å². The molecular weight excluding hydrogens is 1930 g/mol. The van der Waals surface area contributed by atoms with E-state index in [-0.39, 0.29) is 196 Å². The Morgan fingerprint density at radius 3 is 1.53 bits per heavy atom. The number of nitrogens with one attached hydrogen (secondary N) is 8. The molecule has 1 aliphatic heterocycles. The fourth-order valence-corrected chi connectivity index (χ4v) is 15.5. The summed E-state index contributed by atoms with van der Waals surface area (Å²) in [6, 6.07) is 9.72. The maximum absolute atomic E-state index is 15.0. The van der Waals surface area contributed by atoms with Gasteiger partial charge in [-0.05, 0) is 144 Å². The molecule has 0 bridgehead atoms. The van der Waals surface area contributed by atoms with Gasteiger partial charge in [0.15, 0.2) is 38.0 Å². The number of likely N-dealkylation sites (tertiary alicyclic amines) is 1. The smallest absolute Gasteiger partial charge is 0.412 e. The molecule has 45 nitrogen and oxygen atoms in total. The number of carboxylic acids is 2. The molecule has 8 unspecified atom stereocenters. The summed E-state index contributed by atoms with van der Waals surface area (Å²) in [6.07, 6.45) is 1.43. The molecule has 1 aliphatic rings. The van der Waals surface area contributed by atoms with Gasteiger partial charge in [-0.15, -0.1) is 11.3 Å². The number of thiazole rings is 1. The third-order valence-electron chi connectivity index (χ3n) is 21.6. The molecule has 0 aliphatic carbocycles. The lowest BCUT2D eigenvalue weighted by molar-refractivity contribution is -0.181. The fourth-order valence-electron chi connectivity index (χ4n) is 12.9. The zero-order valence-electron chi connectivity index (χ0n) is 85.6. The number of carbonyl (C=O) groups is 12. The minimum Gasteiger partial charge on any atom is -0.488 e. The summed E-state index contributed by atoms with van der Waals surface area (Å²) in [5.41, 5.74) is 0.779. The fraction of sp³-hybridized carbons (Fsp3) is 0.705. The molecule has 15 N–H and O–H groups in total. The van der Waals surface area contributed by atoms with E-state index in [1.165, 1.54) is 44.7 Å². The molecule has 0 radical (unpaired) electrons. The highest BCUT2D eigenvalue weighted by Gasteiger charge is 2.40. The maximum Gasteiger partial charge on any atom is 0.412 e. The third kappa shape index (κ3) is 59.7. The Bertz CT molecular complexity index is 4020. The van der Waals surface area contributed by atoms with Gasteiger partial charge in [0.1, 0.15) is 47.3 Å². The number of benzene rings is 1. The molecule has 143 heavy (non-hydrogen) atoms. The van der Waals surface area contributed by atoms with E-state index in [9.17, 15) is 67.7 Å². The van der Waals surface area contributed by atoms with Crippen LogP contribution >= 0.6 is 32.9 Å². The predicted molar refractivity (Wildman–Crippen MR) is 532 cm³/mol. The van der Waals surface area contributed by atoms with Crippen molar-refractivity contribution in [2.75, 3.05) is 147 Å². The van der Waals surface area contributed by atoms with Gasteiger partial charge in [-0.25, -0.2) is 29.1 Å². The summed E-state index contributed by atoms with van der Waals surface area (Å²) in [5.74, 6) is -4.12. The minimum atomic E-state index is -1.04. The first kappa shape index (κ1) is 132. The number of alkyl carbamates (subject to hydrolysis) is 3. The van der Waals surface area contributed by atoms with Gasteiger partial charge in [-0.1, -0.05) is 118 Å². The maximum atomic E-state index is 15.0. The van der Waals surface area contributed by atoms with Gasteiger partial charge in [-0.2, -0.15) is 0 Å². The lowest BCUT2D eigenvalue weighted by atomic mass is 9.92. The topological polar surface area (TPSA) is 604 Å². The molecule has 48 heteroatoms. The van der Waals surface area contributed by atoms with Crippen LogP contribution in [0.5, 0.6) is 5.75 Å². The van der Waals surface area contributed by atoms with Crippen LogP contribution in [0.2, 0.25) is 0 Å². The van der Waals surface area contributed by atoms with E-state index < -0.39 is 116 Å². The van der Waals surface area contributed by atoms with Crippen LogP contribution in [0.1, 0.15) is 212 Å². The van der Waals surface area contributed by atoms with Crippen molar-refractivity contribution in [1.82, 2.24) is 62.3 Å². The van der Waals surface area contributed by atoms with Crippen LogP contribution < -0.4 is 47.3 Å². The van der Waals surface area contributed by atoms with Crippen LogP contribution in [-0.4, -0.2) is 348 Å². The molecule has 0 saturated carbocycles. The highest BCUT2D eigenvalue weighted by Crippen LogP contribution is 2.34. The molecule has 3 heterocycles. The highest BCUT2D eigenvalue weighted by atomic mass is 33.1. The number of hydrogen-bond acceptors (Lipinski definition) is 37. The van der Waals surface area contributed by atoms with Crippen LogP contribution in [0.15, 0.2) is 71.4 Å². The SMILES string of the molecule is C=C(C)O[C@H](C[C@H](C(C)C)N(COC(=O)CCC)C(=O)[C@@H](NC(=O)[C@H]1CCCCN1C)[C@@H](C)CC)c1nc(C(=O)N[C@@H](Cc2ccc(OC(=O)NCCCCNC(=O)CCNC(=O)OCC(OC)OC(CC)CO)cc2)C[C@H](C)C(=O)O)cs1.CCC(CO)OC(CO)OC.CCC(CO)OC(COC(=O)NCCC(=O)NCCSSc1ccccn1)OC.CCC(CO)OC(COC(=O)NCCC(=O)O)OC. The lowest BCUT2D eigenvalue weighted by Crippen LogP contribution is -2.59. The Balaban J connectivity index is 0.00000138. The van der Waals surface area contributed by atoms with Gasteiger partial charge in [-0.3, -0.25) is 43.3 Å². The average molecular weight is 2090 g/mol. The number of carbonyl (C=O) groups excluding carboxylic acids is 10. The largest absolute Gasteiger partial charge is 0.488 e. The number of aromatic nitrogens is 2. The second-order valence-corrected chi connectivity index (χ2v) is 36.6. The molecule has 4 rings (SSSR count). The molecule has 0 spiro atoms. The van der Waals surface area contributed by atoms with Gasteiger partial charge in [0, 0.05) is 123 Å². The van der Waals surface area contributed by atoms with Gasteiger partial charge < -0.3 is 149 Å². The molecule has 3 aromatic rings. The first-order valence-electron chi connectivity index (χ1n) is 48.2. The monoisotopic (exact) mass is 2090 g/mol. The van der Waals surface area contributed by atoms with Gasteiger partial charge in [0.2, 0.25) is 23.6 Å². The number of carboxylic acid groups (broad SMARTS) is 2. The van der Waals surface area contributed by atoms with Crippen LogP contribution in [-0.2, 0) is 102 Å². The Labute approximate surface area is 851 Å². The summed E-state index contributed by atoms with van der Waals surface area (Å²) in [7, 11) is 10.7. The van der Waals surface area contributed by atoms with E-state index in [1.807, 2.05) is 92.5 Å². The van der Waals surface area contributed by atoms with E-state index in [1.54, 1.807) is 71.3 Å². The van der Waals surface area contributed by atoms with Crippen molar-refractivity contribution < 1.29 is 160 Å². The summed E-state index contributed by atoms with van der Waals surface area (Å²) in [6.45, 7) is 24.8. The van der Waals surface area contributed by atoms with Crippen LogP contribution in [0.25, 0.3) is 0 Å². The van der Waals surface area contributed by atoms with Crippen molar-refractivity contribution in [3.8, 4) is 5.75 Å². The van der Waals surface area contributed by atoms with Crippen molar-refractivity contribution in [2.45, 2.75) is 277 Å². The van der Waals surface area contributed by atoms with Crippen molar-refractivity contribution in [3.05, 3.63) is 82.6 Å². The number of rotatable bonds is 70. The van der Waals surface area contributed by atoms with E-state index in [0.717, 1.165) is 35.7 Å². The average Bonchev–Trinajstić information content (AvgIpc) is 1.80. The van der Waals surface area contributed by atoms with Crippen molar-refractivity contribution >= 4 is 105 Å². The first-order valence-corrected chi connectivity index (χ1v) is 51.4. The molecule has 816 valence electrons. The Hall–Kier alpha value is -9.48. The van der Waals surface area contributed by atoms with Gasteiger partial charge in [0.25, 0.3) is 5.91 Å². The molecule has 9 amide bonds. The molecule has 1 aromatic carbocycles. The minimum absolute atomic E-state index is 0.0130. The number of ether oxygens (including phenoxy) is 14. The Morgan fingerprint density at radius 1 is 0.580 bits per heavy atom. The van der Waals surface area contributed by atoms with E-state index >= 15 is 0 Å². The summed E-state index contributed by atoms with van der Waals surface area (Å²) < 4.78 is 73.6. The number of piperidine rings is 1. The standard InChI is InChI=1S/C59H94N8O16S.C18H29N3O6S2.C11H21NO7.C7H16O4/c1-12-19-50(70)80-36-67(56(73)52(39(8)13-2)65-54(72)46-20-15-18-29-66(46)10)47(37(4)5)32-48(81-38(6)7)55-64-45(35-84-55)53(71)63-42(30-40(9)57(74)75)31-41-21-23-44(24-22-41)83-59(77)61-27-17-16-26-60-49(69)25-28-62-58(76)79-34-51(78-11)82-43(14-3)33-68;1-3-14(12-22)27-17(25-2)13-26-18(24)21-9-7-15(23)19-10-11-28-29-16-6-4-5-8-20-16;1-3-8(6-13)19-10(17-2)7-18-11(16)12-5-4-9(14)15;1-3-6(4-8)11-7(5-9)10-2/h21-24,35,37,39-40,42-43,46-48,51-52,68H,6,12-20,25-34,36H2,1-5,7-11H3,(H,60,69)(H,61,77)(H,62,76)(H,63,71)(H,65,72)(H,74,75);4-6,8,14,17,22H,3,7,9-13H2,1-2H3,(H,19,23)(H,21,24);8,10,13H,3-7H2,1-2H3,(H,12,16)(H,14,15);6-9H,3-5H2,1-2H3/t39-,40-,42+,43?,46+,47+,48+,51?,52-;;;/m0.../s1. The number of amides is 9. The van der Waals surface area contributed by atoms with Crippen molar-refractivity contribution in [2.24, 2.45) is 17.8 Å². The zero-order valence-corrected chi connectivity index (χ0v) is 88.1. The molecule has 15 atom stereocenters. The number of unbranched alkanes of at least 4 members (excludes halogenated alkanes) is 1. The molecule has 2 aromatic heterocycles. The van der Waals surface area contributed by atoms with Crippen LogP contribution in [0, 0.1) is 17.8 Å². The third-order valence-corrected chi connectivity index (χ3v) is 24.8. The summed E-state index contributed by atoms with van der Waals surface area (Å²) in [4.78, 5) is 162. The van der Waals surface area contributed by atoms with Gasteiger partial charge in [0.05, 0.1) is 81.6 Å². The number of pyridine rings is 1. The number of methoxy groups -OCH3 is 4. The van der Waals surface area contributed by atoms with E-state index in [4.69, 9.17) is 96.8 Å². The number of aliphatic carboxylic acids is 2. The molecule has 1 saturated heterocycles. The highest BCUT2D eigenvalue weighted by molar-refractivity contribution is 8.76. The number of aliphatic hydroxyl groups is 5. The Kier molecular flexibility index (Phi) is 73.4. The Morgan fingerprint density at radius 2 is 1.08 bits per heavy atom. The second kappa shape index (κ2) is 79.8. The summed E-state index contributed by atoms with van der Waals surface area (Å²) in [5, 5.41) is 87.4.